The van der Waals surface area contributed by atoms with Crippen LogP contribution in [0.3, 0.4) is 0 Å². The standard InChI is InChI=1S/C26H27ClN4O9S/c1-16-6-8-19(13-20(16)31(33)34)41(35,36)30(21-12-18(27)7-9-22(21)37-2)15-25(32)29-28-14-17-10-23(38-3)26(40-5)24(11-17)39-4/h6-14H,15H2,1-5H3,(H,29,32)/b28-14-. The van der Waals surface area contributed by atoms with Crippen LogP contribution >= 0.6 is 11.6 Å². The van der Waals surface area contributed by atoms with Crippen molar-refractivity contribution in [1.82, 2.24) is 5.43 Å². The highest BCUT2D eigenvalue weighted by atomic mass is 35.5. The fraction of sp³-hybridized carbons (Fsp3) is 0.231. The van der Waals surface area contributed by atoms with Gasteiger partial charge >= 0.3 is 0 Å². The molecule has 0 aliphatic rings. The molecule has 0 aromatic heterocycles. The van der Waals surface area contributed by atoms with E-state index in [9.17, 15) is 23.3 Å². The number of hydrogen-bond acceptors (Lipinski definition) is 10. The number of rotatable bonds is 12. The van der Waals surface area contributed by atoms with E-state index in [1.165, 1.54) is 71.9 Å². The first kappa shape index (κ1) is 31.0. The minimum atomic E-state index is -4.54. The second-order valence-electron chi connectivity index (χ2n) is 8.29. The summed E-state index contributed by atoms with van der Waals surface area (Å²) in [6.07, 6.45) is 1.30. The normalized spacial score (nSPS) is 11.2. The minimum Gasteiger partial charge on any atom is -0.495 e. The zero-order chi connectivity index (χ0) is 30.3. The number of aryl methyl sites for hydroxylation is 1. The number of methoxy groups -OCH3 is 4. The zero-order valence-electron chi connectivity index (χ0n) is 22.7. The Bertz CT molecular complexity index is 1570. The first-order valence-corrected chi connectivity index (χ1v) is 13.5. The molecule has 0 unspecified atom stereocenters. The molecule has 1 amide bonds. The van der Waals surface area contributed by atoms with Crippen molar-refractivity contribution in [2.24, 2.45) is 5.10 Å². The molecular formula is C26H27ClN4O9S. The Morgan fingerprint density at radius 3 is 2.20 bits per heavy atom. The van der Waals surface area contributed by atoms with Gasteiger partial charge in [-0.3, -0.25) is 19.2 Å². The number of amides is 1. The number of hydrogen-bond donors (Lipinski definition) is 1. The van der Waals surface area contributed by atoms with Crippen LogP contribution in [0.4, 0.5) is 11.4 Å². The van der Waals surface area contributed by atoms with Gasteiger partial charge in [0.25, 0.3) is 21.6 Å². The third-order valence-electron chi connectivity index (χ3n) is 5.75. The molecule has 0 saturated heterocycles. The van der Waals surface area contributed by atoms with Crippen molar-refractivity contribution in [2.75, 3.05) is 39.3 Å². The third kappa shape index (κ3) is 6.96. The number of nitro benzene ring substituents is 1. The summed E-state index contributed by atoms with van der Waals surface area (Å²) < 4.78 is 49.5. The van der Waals surface area contributed by atoms with Gasteiger partial charge in [0.15, 0.2) is 11.5 Å². The second kappa shape index (κ2) is 13.2. The number of nitrogens with zero attached hydrogens (tertiary/aromatic N) is 3. The number of halogens is 1. The Kier molecular flexibility index (Phi) is 9.97. The molecule has 0 spiro atoms. The lowest BCUT2D eigenvalue weighted by atomic mass is 10.2. The van der Waals surface area contributed by atoms with Gasteiger partial charge in [0.1, 0.15) is 12.3 Å². The van der Waals surface area contributed by atoms with E-state index in [-0.39, 0.29) is 22.0 Å². The maximum absolute atomic E-state index is 13.8. The zero-order valence-corrected chi connectivity index (χ0v) is 24.3. The first-order valence-electron chi connectivity index (χ1n) is 11.7. The predicted octanol–water partition coefficient (Wildman–Crippen LogP) is 3.94. The molecule has 0 saturated carbocycles. The third-order valence-corrected chi connectivity index (χ3v) is 7.74. The van der Waals surface area contributed by atoms with E-state index in [0.717, 1.165) is 10.4 Å². The lowest BCUT2D eigenvalue weighted by Crippen LogP contribution is -2.39. The molecular weight excluding hydrogens is 580 g/mol. The fourth-order valence-electron chi connectivity index (χ4n) is 3.75. The number of nitrogens with one attached hydrogen (secondary N) is 1. The summed E-state index contributed by atoms with van der Waals surface area (Å²) in [5, 5.41) is 15.5. The highest BCUT2D eigenvalue weighted by Crippen LogP contribution is 2.38. The number of carbonyl (C=O) groups is 1. The maximum Gasteiger partial charge on any atom is 0.273 e. The molecule has 218 valence electrons. The van der Waals surface area contributed by atoms with E-state index in [1.54, 1.807) is 12.1 Å². The lowest BCUT2D eigenvalue weighted by molar-refractivity contribution is -0.385. The molecule has 15 heteroatoms. The molecule has 0 heterocycles. The number of carbonyl (C=O) groups excluding carboxylic acids is 1. The van der Waals surface area contributed by atoms with Gasteiger partial charge in [0, 0.05) is 22.2 Å². The molecule has 0 bridgehead atoms. The average Bonchev–Trinajstić information content (AvgIpc) is 2.95. The topological polar surface area (TPSA) is 159 Å². The summed E-state index contributed by atoms with van der Waals surface area (Å²) in [6, 6.07) is 10.8. The number of benzene rings is 3. The highest BCUT2D eigenvalue weighted by Gasteiger charge is 2.31. The van der Waals surface area contributed by atoms with Gasteiger partial charge in [-0.1, -0.05) is 17.7 Å². The van der Waals surface area contributed by atoms with E-state index in [2.05, 4.69) is 10.5 Å². The van der Waals surface area contributed by atoms with Crippen LogP contribution in [0, 0.1) is 17.0 Å². The van der Waals surface area contributed by atoms with Crippen LogP contribution in [0.25, 0.3) is 0 Å². The Hall–Kier alpha value is -4.56. The minimum absolute atomic E-state index is 0.0630. The monoisotopic (exact) mass is 606 g/mol. The van der Waals surface area contributed by atoms with Crippen LogP contribution in [0.15, 0.2) is 58.5 Å². The van der Waals surface area contributed by atoms with Crippen molar-refractivity contribution in [2.45, 2.75) is 11.8 Å². The first-order chi connectivity index (χ1) is 19.5. The summed E-state index contributed by atoms with van der Waals surface area (Å²) >= 11 is 6.14. The van der Waals surface area contributed by atoms with E-state index < -0.39 is 38.0 Å². The predicted molar refractivity (Wildman–Crippen MR) is 152 cm³/mol. The fourth-order valence-corrected chi connectivity index (χ4v) is 5.36. The van der Waals surface area contributed by atoms with Crippen LogP contribution in [-0.4, -0.2) is 60.4 Å². The Morgan fingerprint density at radius 1 is 1.00 bits per heavy atom. The van der Waals surface area contributed by atoms with Crippen molar-refractivity contribution in [3.63, 3.8) is 0 Å². The summed E-state index contributed by atoms with van der Waals surface area (Å²) in [4.78, 5) is 23.3. The molecule has 1 N–H and O–H groups in total. The van der Waals surface area contributed by atoms with Crippen molar-refractivity contribution in [3.05, 3.63) is 74.8 Å². The quantitative estimate of drug-likeness (QED) is 0.183. The number of hydrazone groups is 1. The van der Waals surface area contributed by atoms with Crippen molar-refractivity contribution < 1.29 is 37.1 Å². The Balaban J connectivity index is 1.98. The number of sulfonamides is 1. The summed E-state index contributed by atoms with van der Waals surface area (Å²) in [7, 11) is 1.12. The van der Waals surface area contributed by atoms with Gasteiger partial charge in [-0.25, -0.2) is 13.8 Å². The summed E-state index contributed by atoms with van der Waals surface area (Å²) in [6.45, 7) is 0.707. The number of ether oxygens (including phenoxy) is 4. The summed E-state index contributed by atoms with van der Waals surface area (Å²) in [5.41, 5.74) is 2.56. The smallest absolute Gasteiger partial charge is 0.273 e. The van der Waals surface area contributed by atoms with Gasteiger partial charge in [0.05, 0.1) is 50.2 Å². The van der Waals surface area contributed by atoms with Crippen LogP contribution < -0.4 is 28.7 Å². The largest absolute Gasteiger partial charge is 0.495 e. The van der Waals surface area contributed by atoms with Crippen LogP contribution in [0.2, 0.25) is 5.02 Å². The van der Waals surface area contributed by atoms with Crippen LogP contribution in [0.5, 0.6) is 23.0 Å². The molecule has 3 aromatic carbocycles. The van der Waals surface area contributed by atoms with Gasteiger partial charge in [-0.2, -0.15) is 5.10 Å². The maximum atomic E-state index is 13.8. The van der Waals surface area contributed by atoms with Gasteiger partial charge in [0.2, 0.25) is 5.75 Å². The Labute approximate surface area is 241 Å². The number of anilines is 1. The molecule has 0 fully saturated rings. The summed E-state index contributed by atoms with van der Waals surface area (Å²) in [5.74, 6) is 0.340. The highest BCUT2D eigenvalue weighted by molar-refractivity contribution is 7.92. The van der Waals surface area contributed by atoms with E-state index in [0.29, 0.717) is 22.8 Å². The molecule has 13 nitrogen and oxygen atoms in total. The molecule has 41 heavy (non-hydrogen) atoms. The molecule has 3 aromatic rings. The van der Waals surface area contributed by atoms with Gasteiger partial charge in [-0.05, 0) is 43.3 Å². The molecule has 0 aliphatic heterocycles. The average molecular weight is 607 g/mol. The van der Waals surface area contributed by atoms with Crippen LogP contribution in [-0.2, 0) is 14.8 Å². The molecule has 0 radical (unpaired) electrons. The SMILES string of the molecule is COc1ccc(Cl)cc1N(CC(=O)N/N=C\c1cc(OC)c(OC)c(OC)c1)S(=O)(=O)c1ccc(C)c([N+](=O)[O-])c1. The molecule has 0 aliphatic carbocycles. The lowest BCUT2D eigenvalue weighted by Gasteiger charge is -2.25. The van der Waals surface area contributed by atoms with Crippen molar-refractivity contribution >= 4 is 45.1 Å². The molecule has 0 atom stereocenters. The van der Waals surface area contributed by atoms with Crippen molar-refractivity contribution in [3.8, 4) is 23.0 Å². The van der Waals surface area contributed by atoms with Gasteiger partial charge < -0.3 is 18.9 Å². The second-order valence-corrected chi connectivity index (χ2v) is 10.6. The van der Waals surface area contributed by atoms with E-state index in [1.807, 2.05) is 0 Å². The van der Waals surface area contributed by atoms with E-state index >= 15 is 0 Å². The molecule has 3 rings (SSSR count). The van der Waals surface area contributed by atoms with Gasteiger partial charge in [-0.15, -0.1) is 0 Å². The van der Waals surface area contributed by atoms with E-state index in [4.69, 9.17) is 30.5 Å². The number of nitro groups is 1. The van der Waals surface area contributed by atoms with Crippen molar-refractivity contribution in [1.29, 1.82) is 0 Å². The Morgan fingerprint density at radius 2 is 1.63 bits per heavy atom. The van der Waals surface area contributed by atoms with Crippen LogP contribution in [0.1, 0.15) is 11.1 Å².